The normalized spacial score (nSPS) is 11.4. The molecular weight excluding hydrogens is 598 g/mol. The lowest BCUT2D eigenvalue weighted by atomic mass is 10.1. The highest BCUT2D eigenvalue weighted by Crippen LogP contribution is 2.42. The third-order valence-corrected chi connectivity index (χ3v) is 8.08. The summed E-state index contributed by atoms with van der Waals surface area (Å²) in [5.74, 6) is -1.53. The zero-order chi connectivity index (χ0) is 28.1. The van der Waals surface area contributed by atoms with Gasteiger partial charge in [-0.15, -0.1) is 11.8 Å². The van der Waals surface area contributed by atoms with Gasteiger partial charge < -0.3 is 25.2 Å². The Morgan fingerprint density at radius 3 is 2.00 bits per heavy atom. The number of nitrogens with one attached hydrogen (secondary N) is 2. The summed E-state index contributed by atoms with van der Waals surface area (Å²) in [6.07, 6.45) is 0. The molecule has 0 spiro atoms. The van der Waals surface area contributed by atoms with Crippen molar-refractivity contribution >= 4 is 87.3 Å². The maximum Gasteiger partial charge on any atom is 0.338 e. The molecule has 3 aromatic carbocycles. The lowest BCUT2D eigenvalue weighted by Gasteiger charge is -2.16. The molecule has 0 aliphatic heterocycles. The first kappa shape index (κ1) is 29.7. The first-order valence-electron chi connectivity index (χ1n) is 10.7. The summed E-state index contributed by atoms with van der Waals surface area (Å²) in [5.41, 5.74) is -0.171. The average molecular weight is 618 g/mol. The molecule has 3 N–H and O–H groups in total. The number of carbonyl (C=O) groups excluding carboxylic acids is 2. The van der Waals surface area contributed by atoms with Crippen molar-refractivity contribution in [2.45, 2.75) is 17.1 Å². The van der Waals surface area contributed by atoms with Gasteiger partial charge >= 0.3 is 5.97 Å². The fourth-order valence-electron chi connectivity index (χ4n) is 3.26. The minimum absolute atomic E-state index is 0.237. The Morgan fingerprint density at radius 2 is 1.45 bits per heavy atom. The number of halogens is 4. The van der Waals surface area contributed by atoms with E-state index in [-0.39, 0.29) is 21.0 Å². The first-order chi connectivity index (χ1) is 18.0. The van der Waals surface area contributed by atoms with Gasteiger partial charge in [0.2, 0.25) is 5.91 Å². The number of carboxylic acid groups (broad SMARTS) is 1. The van der Waals surface area contributed by atoms with Gasteiger partial charge in [0.05, 0.1) is 56.4 Å². The third-order valence-electron chi connectivity index (χ3n) is 5.17. The number of carbonyl (C=O) groups is 3. The number of thioether (sulfide) groups is 1. The van der Waals surface area contributed by atoms with Crippen molar-refractivity contribution in [3.05, 3.63) is 73.7 Å². The van der Waals surface area contributed by atoms with Crippen LogP contribution in [0.15, 0.2) is 47.4 Å². The quantitative estimate of drug-likeness (QED) is 0.130. The molecule has 0 saturated carbocycles. The second-order valence-corrected chi connectivity index (χ2v) is 10.5. The van der Waals surface area contributed by atoms with E-state index in [2.05, 4.69) is 10.6 Å². The largest absolute Gasteiger partial charge is 0.497 e. The van der Waals surface area contributed by atoms with Gasteiger partial charge in [0, 0.05) is 16.6 Å². The summed E-state index contributed by atoms with van der Waals surface area (Å²) in [7, 11) is 3.03. The molecule has 1 atom stereocenters. The van der Waals surface area contributed by atoms with Gasteiger partial charge in [-0.05, 0) is 43.3 Å². The Balaban J connectivity index is 1.72. The van der Waals surface area contributed by atoms with Gasteiger partial charge in [0.1, 0.15) is 11.5 Å². The van der Waals surface area contributed by atoms with Crippen LogP contribution >= 0.6 is 58.2 Å². The van der Waals surface area contributed by atoms with E-state index < -0.39 is 33.3 Å². The van der Waals surface area contributed by atoms with Crippen LogP contribution in [-0.4, -0.2) is 42.4 Å². The van der Waals surface area contributed by atoms with Crippen LogP contribution in [-0.2, 0) is 4.79 Å². The van der Waals surface area contributed by atoms with Crippen LogP contribution < -0.4 is 20.1 Å². The number of methoxy groups -OCH3 is 2. The van der Waals surface area contributed by atoms with Crippen molar-refractivity contribution in [3.8, 4) is 11.5 Å². The SMILES string of the molecule is COc1ccc(OC)c(NC(=O)C(C)Sc2ccc(NC(=O)c3c(Cl)c(Cl)c(Cl)c(Cl)c3C(=O)O)cc2)c1. The minimum Gasteiger partial charge on any atom is -0.497 e. The Labute approximate surface area is 242 Å². The number of hydrogen-bond acceptors (Lipinski definition) is 6. The van der Waals surface area contributed by atoms with Crippen LogP contribution in [0.1, 0.15) is 27.6 Å². The number of ether oxygens (including phenoxy) is 2. The minimum atomic E-state index is -1.49. The number of anilines is 2. The molecule has 0 aliphatic carbocycles. The van der Waals surface area contributed by atoms with Crippen molar-refractivity contribution in [1.82, 2.24) is 0 Å². The van der Waals surface area contributed by atoms with E-state index in [0.29, 0.717) is 22.9 Å². The predicted molar refractivity (Wildman–Crippen MR) is 151 cm³/mol. The summed E-state index contributed by atoms with van der Waals surface area (Å²) in [5, 5.41) is 13.2. The number of benzene rings is 3. The van der Waals surface area contributed by atoms with Crippen LogP contribution in [0.25, 0.3) is 0 Å². The van der Waals surface area contributed by atoms with Gasteiger partial charge in [-0.3, -0.25) is 9.59 Å². The predicted octanol–water partition coefficient (Wildman–Crippen LogP) is 7.39. The number of aromatic carboxylic acids is 1. The van der Waals surface area contributed by atoms with E-state index in [9.17, 15) is 19.5 Å². The Hall–Kier alpha value is -2.82. The lowest BCUT2D eigenvalue weighted by Crippen LogP contribution is -2.22. The third kappa shape index (κ3) is 6.59. The Morgan fingerprint density at radius 1 is 0.842 bits per heavy atom. The lowest BCUT2D eigenvalue weighted by molar-refractivity contribution is -0.115. The van der Waals surface area contributed by atoms with Crippen molar-refractivity contribution in [2.24, 2.45) is 0 Å². The fraction of sp³-hybridized carbons (Fsp3) is 0.160. The second kappa shape index (κ2) is 12.8. The van der Waals surface area contributed by atoms with Gasteiger partial charge in [-0.1, -0.05) is 46.4 Å². The molecule has 0 heterocycles. The molecule has 3 rings (SSSR count). The highest BCUT2D eigenvalue weighted by atomic mass is 35.5. The molecule has 200 valence electrons. The molecule has 38 heavy (non-hydrogen) atoms. The summed E-state index contributed by atoms with van der Waals surface area (Å²) >= 11 is 25.4. The van der Waals surface area contributed by atoms with Crippen molar-refractivity contribution in [2.75, 3.05) is 24.9 Å². The standard InChI is InChI=1S/C25H20Cl4N2O6S/c1-11(23(32)31-15-10-13(36-2)6-9-16(15)37-3)38-14-7-4-12(5-8-14)30-24(33)17-18(25(34)35)20(27)22(29)21(28)19(17)26/h4-11H,1-3H3,(H,30,33)(H,31,32)(H,34,35). The highest BCUT2D eigenvalue weighted by Gasteiger charge is 2.29. The highest BCUT2D eigenvalue weighted by molar-refractivity contribution is 8.00. The first-order valence-corrected chi connectivity index (χ1v) is 13.1. The molecule has 0 aromatic heterocycles. The van der Waals surface area contributed by atoms with Crippen LogP contribution in [0, 0.1) is 0 Å². The summed E-state index contributed by atoms with van der Waals surface area (Å²) in [6.45, 7) is 1.74. The molecule has 13 heteroatoms. The van der Waals surface area contributed by atoms with Crippen molar-refractivity contribution in [3.63, 3.8) is 0 Å². The molecule has 0 aliphatic rings. The molecule has 3 aromatic rings. The van der Waals surface area contributed by atoms with Gasteiger partial charge in [0.15, 0.2) is 0 Å². The topological polar surface area (TPSA) is 114 Å². The molecule has 0 saturated heterocycles. The maximum absolute atomic E-state index is 12.9. The Kier molecular flexibility index (Phi) is 10.0. The molecule has 0 fully saturated rings. The van der Waals surface area contributed by atoms with Crippen molar-refractivity contribution < 1.29 is 29.0 Å². The van der Waals surface area contributed by atoms with Crippen LogP contribution in [0.2, 0.25) is 20.1 Å². The number of carboxylic acids is 1. The Bertz CT molecular complexity index is 1400. The number of hydrogen-bond donors (Lipinski definition) is 3. The number of amides is 2. The number of rotatable bonds is 9. The summed E-state index contributed by atoms with van der Waals surface area (Å²) < 4.78 is 10.5. The fourth-order valence-corrected chi connectivity index (χ4v) is 5.15. The van der Waals surface area contributed by atoms with E-state index >= 15 is 0 Å². The zero-order valence-corrected chi connectivity index (χ0v) is 23.9. The summed E-state index contributed by atoms with van der Waals surface area (Å²) in [6, 6.07) is 11.6. The van der Waals surface area contributed by atoms with Gasteiger partial charge in [-0.25, -0.2) is 4.79 Å². The molecule has 0 radical (unpaired) electrons. The molecular formula is C25H20Cl4N2O6S. The van der Waals surface area contributed by atoms with Crippen molar-refractivity contribution in [1.29, 1.82) is 0 Å². The second-order valence-electron chi connectivity index (χ2n) is 7.61. The molecule has 2 amide bonds. The monoisotopic (exact) mass is 616 g/mol. The van der Waals surface area contributed by atoms with E-state index in [1.807, 2.05) is 0 Å². The van der Waals surface area contributed by atoms with Crippen LogP contribution in [0.5, 0.6) is 11.5 Å². The average Bonchev–Trinajstić information content (AvgIpc) is 2.89. The van der Waals surface area contributed by atoms with Crippen LogP contribution in [0.3, 0.4) is 0 Å². The van der Waals surface area contributed by atoms with E-state index in [1.165, 1.54) is 26.0 Å². The molecule has 0 bridgehead atoms. The van der Waals surface area contributed by atoms with E-state index in [1.54, 1.807) is 49.4 Å². The van der Waals surface area contributed by atoms with E-state index in [4.69, 9.17) is 55.9 Å². The molecule has 8 nitrogen and oxygen atoms in total. The maximum atomic E-state index is 12.9. The smallest absolute Gasteiger partial charge is 0.338 e. The van der Waals surface area contributed by atoms with Crippen LogP contribution in [0.4, 0.5) is 11.4 Å². The van der Waals surface area contributed by atoms with E-state index in [0.717, 1.165) is 4.90 Å². The summed E-state index contributed by atoms with van der Waals surface area (Å²) in [4.78, 5) is 38.1. The molecule has 1 unspecified atom stereocenters. The van der Waals surface area contributed by atoms with Gasteiger partial charge in [-0.2, -0.15) is 0 Å². The zero-order valence-electron chi connectivity index (χ0n) is 20.0. The van der Waals surface area contributed by atoms with Gasteiger partial charge in [0.25, 0.3) is 5.91 Å².